The molecule has 35 heavy (non-hydrogen) atoms. The second-order valence-electron chi connectivity index (χ2n) is 11.5. The van der Waals surface area contributed by atoms with Crippen molar-refractivity contribution in [3.8, 4) is 0 Å². The van der Waals surface area contributed by atoms with Crippen LogP contribution in [0, 0.1) is 30.6 Å². The molecular formula is C28H35ClN2O4. The van der Waals surface area contributed by atoms with Crippen LogP contribution in [0.2, 0.25) is 5.02 Å². The summed E-state index contributed by atoms with van der Waals surface area (Å²) < 4.78 is 5.99. The van der Waals surface area contributed by atoms with Gasteiger partial charge >= 0.3 is 5.97 Å². The third-order valence-electron chi connectivity index (χ3n) is 8.16. The molecule has 0 radical (unpaired) electrons. The number of hydrogen-bond donors (Lipinski definition) is 2. The molecule has 3 aliphatic rings. The summed E-state index contributed by atoms with van der Waals surface area (Å²) in [6.07, 6.45) is 6.41. The van der Waals surface area contributed by atoms with E-state index in [9.17, 15) is 14.7 Å². The number of carboxylic acid groups (broad SMARTS) is 1. The van der Waals surface area contributed by atoms with Crippen LogP contribution < -0.4 is 5.32 Å². The van der Waals surface area contributed by atoms with Gasteiger partial charge in [0.15, 0.2) is 0 Å². The number of carbonyl (C=O) groups is 2. The van der Waals surface area contributed by atoms with Crippen LogP contribution in [0.25, 0.3) is 0 Å². The van der Waals surface area contributed by atoms with Crippen LogP contribution in [0.3, 0.4) is 0 Å². The number of rotatable bonds is 8. The Labute approximate surface area is 211 Å². The summed E-state index contributed by atoms with van der Waals surface area (Å²) in [5.41, 5.74) is 3.57. The number of carbonyl (C=O) groups excluding carboxylic acids is 1. The minimum atomic E-state index is -0.856. The molecule has 3 fully saturated rings. The molecule has 1 amide bonds. The number of benzene rings is 1. The molecule has 3 saturated carbocycles. The number of aryl methyl sites for hydroxylation is 1. The van der Waals surface area contributed by atoms with Crippen molar-refractivity contribution in [2.24, 2.45) is 23.7 Å². The highest BCUT2D eigenvalue weighted by molar-refractivity contribution is 6.33. The summed E-state index contributed by atoms with van der Waals surface area (Å²) in [4.78, 5) is 25.4. The first-order valence-electron chi connectivity index (χ1n) is 13.0. The van der Waals surface area contributed by atoms with E-state index in [-0.39, 0.29) is 11.8 Å². The topological polar surface area (TPSA) is 92.4 Å². The third-order valence-corrected chi connectivity index (χ3v) is 8.48. The van der Waals surface area contributed by atoms with E-state index in [0.29, 0.717) is 41.3 Å². The highest BCUT2D eigenvalue weighted by Gasteiger charge is 2.48. The standard InChI is InChI=1S/C28H35ClN2O4/c1-14(2)8-16-10-18(11-16)26-24(17-5-6-17)25(31-35-26)20-12-19(28(33)34)13-21(20)27(32)30-23-7-4-15(3)9-22(23)29/h4,7,9,14,16-21H,5-6,8,10-13H2,1-3H3,(H,30,32)(H,33,34)/t16-,18+,19?,20-,21-/m1/s1. The van der Waals surface area contributed by atoms with Crippen molar-refractivity contribution in [3.05, 3.63) is 45.8 Å². The summed E-state index contributed by atoms with van der Waals surface area (Å²) in [7, 11) is 0. The summed E-state index contributed by atoms with van der Waals surface area (Å²) in [5, 5.41) is 17.7. The normalized spacial score (nSPS) is 28.2. The highest BCUT2D eigenvalue weighted by Crippen LogP contribution is 2.55. The number of amides is 1. The van der Waals surface area contributed by atoms with Crippen molar-refractivity contribution >= 4 is 29.2 Å². The first-order valence-corrected chi connectivity index (χ1v) is 13.4. The Morgan fingerprint density at radius 3 is 2.54 bits per heavy atom. The van der Waals surface area contributed by atoms with Crippen LogP contribution in [-0.4, -0.2) is 22.1 Å². The van der Waals surface area contributed by atoms with Gasteiger partial charge in [-0.3, -0.25) is 9.59 Å². The van der Waals surface area contributed by atoms with E-state index in [4.69, 9.17) is 16.1 Å². The van der Waals surface area contributed by atoms with Gasteiger partial charge in [0.25, 0.3) is 0 Å². The van der Waals surface area contributed by atoms with E-state index >= 15 is 0 Å². The number of aliphatic carboxylic acids is 1. The number of halogens is 1. The molecule has 3 aliphatic carbocycles. The molecule has 0 aliphatic heterocycles. The van der Waals surface area contributed by atoms with E-state index in [2.05, 4.69) is 24.3 Å². The Kier molecular flexibility index (Phi) is 6.69. The smallest absolute Gasteiger partial charge is 0.306 e. The predicted octanol–water partition coefficient (Wildman–Crippen LogP) is 6.89. The molecule has 1 aromatic carbocycles. The monoisotopic (exact) mass is 498 g/mol. The van der Waals surface area contributed by atoms with Gasteiger partial charge in [-0.05, 0) is 87.3 Å². The van der Waals surface area contributed by atoms with Crippen LogP contribution in [0.15, 0.2) is 22.7 Å². The fourth-order valence-corrected chi connectivity index (χ4v) is 6.54. The van der Waals surface area contributed by atoms with Crippen molar-refractivity contribution in [3.63, 3.8) is 0 Å². The number of nitrogens with one attached hydrogen (secondary N) is 1. The lowest BCUT2D eigenvalue weighted by Crippen LogP contribution is -2.26. The molecule has 1 unspecified atom stereocenters. The number of hydrogen-bond acceptors (Lipinski definition) is 4. The molecule has 0 spiro atoms. The molecule has 6 nitrogen and oxygen atoms in total. The number of nitrogens with zero attached hydrogens (tertiary/aromatic N) is 1. The maximum atomic E-state index is 13.4. The molecule has 2 aromatic rings. The van der Waals surface area contributed by atoms with Gasteiger partial charge in [-0.25, -0.2) is 0 Å². The lowest BCUT2D eigenvalue weighted by Gasteiger charge is -2.35. The lowest BCUT2D eigenvalue weighted by atomic mass is 9.69. The van der Waals surface area contributed by atoms with Crippen molar-refractivity contribution in [2.75, 3.05) is 5.32 Å². The van der Waals surface area contributed by atoms with Crippen LogP contribution in [0.1, 0.15) is 99.1 Å². The van der Waals surface area contributed by atoms with E-state index in [1.54, 1.807) is 6.07 Å². The summed E-state index contributed by atoms with van der Waals surface area (Å²) in [5.74, 6) is 0.877. The Hall–Kier alpha value is -2.34. The van der Waals surface area contributed by atoms with Gasteiger partial charge < -0.3 is 14.9 Å². The molecule has 188 valence electrons. The second-order valence-corrected chi connectivity index (χ2v) is 11.9. The summed E-state index contributed by atoms with van der Waals surface area (Å²) in [6.45, 7) is 6.48. The molecule has 7 heteroatoms. The second kappa shape index (κ2) is 9.61. The molecule has 1 heterocycles. The van der Waals surface area contributed by atoms with Crippen LogP contribution in [0.4, 0.5) is 5.69 Å². The quantitative estimate of drug-likeness (QED) is 0.413. The molecule has 0 bridgehead atoms. The Morgan fingerprint density at radius 1 is 1.17 bits per heavy atom. The molecule has 2 N–H and O–H groups in total. The molecule has 3 atom stereocenters. The van der Waals surface area contributed by atoms with Crippen LogP contribution in [-0.2, 0) is 9.59 Å². The van der Waals surface area contributed by atoms with E-state index in [0.717, 1.165) is 48.6 Å². The number of anilines is 1. The van der Waals surface area contributed by atoms with Crippen molar-refractivity contribution in [2.45, 2.75) is 83.5 Å². The molecule has 5 rings (SSSR count). The minimum Gasteiger partial charge on any atom is -0.481 e. The van der Waals surface area contributed by atoms with Gasteiger partial charge in [-0.15, -0.1) is 0 Å². The van der Waals surface area contributed by atoms with E-state index in [1.165, 1.54) is 12.0 Å². The Balaban J connectivity index is 1.40. The van der Waals surface area contributed by atoms with Gasteiger partial charge in [0, 0.05) is 23.3 Å². The zero-order valence-electron chi connectivity index (χ0n) is 20.7. The minimum absolute atomic E-state index is 0.198. The van der Waals surface area contributed by atoms with Gasteiger partial charge in [-0.1, -0.05) is 36.7 Å². The zero-order chi connectivity index (χ0) is 24.9. The lowest BCUT2D eigenvalue weighted by molar-refractivity contribution is -0.141. The fraction of sp³-hybridized carbons (Fsp3) is 0.607. The van der Waals surface area contributed by atoms with E-state index < -0.39 is 17.8 Å². The van der Waals surface area contributed by atoms with Gasteiger partial charge in [0.05, 0.1) is 22.3 Å². The molecule has 1 aromatic heterocycles. The van der Waals surface area contributed by atoms with Crippen molar-refractivity contribution in [1.82, 2.24) is 5.16 Å². The average Bonchev–Trinajstić information content (AvgIpc) is 3.35. The Bertz CT molecular complexity index is 1120. The third kappa shape index (κ3) is 5.00. The average molecular weight is 499 g/mol. The first-order chi connectivity index (χ1) is 16.7. The Morgan fingerprint density at radius 2 is 1.91 bits per heavy atom. The van der Waals surface area contributed by atoms with Gasteiger partial charge in [0.1, 0.15) is 5.76 Å². The van der Waals surface area contributed by atoms with Gasteiger partial charge in [0.2, 0.25) is 5.91 Å². The highest BCUT2D eigenvalue weighted by atomic mass is 35.5. The predicted molar refractivity (Wildman–Crippen MR) is 135 cm³/mol. The number of aromatic nitrogens is 1. The fourth-order valence-electron chi connectivity index (χ4n) is 6.25. The number of carboxylic acids is 1. The maximum absolute atomic E-state index is 13.4. The van der Waals surface area contributed by atoms with Gasteiger partial charge in [-0.2, -0.15) is 0 Å². The summed E-state index contributed by atoms with van der Waals surface area (Å²) >= 11 is 6.36. The van der Waals surface area contributed by atoms with Crippen molar-refractivity contribution < 1.29 is 19.2 Å². The molecular weight excluding hydrogens is 464 g/mol. The first kappa shape index (κ1) is 24.4. The molecule has 0 saturated heterocycles. The maximum Gasteiger partial charge on any atom is 0.306 e. The van der Waals surface area contributed by atoms with Crippen LogP contribution >= 0.6 is 11.6 Å². The van der Waals surface area contributed by atoms with Crippen molar-refractivity contribution in [1.29, 1.82) is 0 Å². The summed E-state index contributed by atoms with van der Waals surface area (Å²) in [6, 6.07) is 5.50. The van der Waals surface area contributed by atoms with E-state index in [1.807, 2.05) is 19.1 Å². The largest absolute Gasteiger partial charge is 0.481 e. The van der Waals surface area contributed by atoms with Crippen LogP contribution in [0.5, 0.6) is 0 Å². The SMILES string of the molecule is Cc1ccc(NC(=O)[C@@H]2CC(C(=O)O)C[C@H]2c2noc([C@H]3C[C@@H](CC(C)C)C3)c2C2CC2)c(Cl)c1. The zero-order valence-corrected chi connectivity index (χ0v) is 21.5.